The predicted molar refractivity (Wildman–Crippen MR) is 55.2 cm³/mol. The third-order valence-corrected chi connectivity index (χ3v) is 2.19. The normalized spacial score (nSPS) is 9.29. The molecule has 0 aromatic heterocycles. The van der Waals surface area contributed by atoms with E-state index < -0.39 is 11.8 Å². The molecule has 0 spiro atoms. The minimum absolute atomic E-state index is 0.0422. The number of benzene rings is 1. The van der Waals surface area contributed by atoms with Crippen molar-refractivity contribution in [3.63, 3.8) is 0 Å². The number of hydrogen-bond donors (Lipinski definition) is 0. The van der Waals surface area contributed by atoms with Crippen molar-refractivity contribution < 1.29 is 13.9 Å². The molecule has 0 bridgehead atoms. The van der Waals surface area contributed by atoms with Crippen LogP contribution in [-0.2, 0) is 4.74 Å². The molecule has 0 saturated heterocycles. The minimum atomic E-state index is -0.709. The summed E-state index contributed by atoms with van der Waals surface area (Å²) in [5.74, 6) is -1.42. The van der Waals surface area contributed by atoms with E-state index in [1.54, 1.807) is 6.07 Å². The van der Waals surface area contributed by atoms with Gasteiger partial charge in [-0.15, -0.1) is 0 Å². The summed E-state index contributed by atoms with van der Waals surface area (Å²) in [6.07, 6.45) is 0. The fraction of sp³-hybridized carbons (Fsp3) is 0.111. The standard InChI is InChI=1S/C9H5FINO2/c1-14-9(13)6-2-5(11)3-8(10)7(6)4-12/h2-3H,1H3. The minimum Gasteiger partial charge on any atom is -0.465 e. The molecule has 0 fully saturated rings. The van der Waals surface area contributed by atoms with Gasteiger partial charge in [-0.05, 0) is 34.7 Å². The summed E-state index contributed by atoms with van der Waals surface area (Å²) in [7, 11) is 1.18. The molecule has 5 heteroatoms. The number of nitriles is 1. The largest absolute Gasteiger partial charge is 0.465 e. The van der Waals surface area contributed by atoms with Crippen LogP contribution >= 0.6 is 22.6 Å². The van der Waals surface area contributed by atoms with Crippen molar-refractivity contribution in [2.24, 2.45) is 0 Å². The van der Waals surface area contributed by atoms with Crippen LogP contribution in [0.1, 0.15) is 15.9 Å². The molecule has 0 heterocycles. The molecule has 0 aliphatic carbocycles. The number of esters is 1. The van der Waals surface area contributed by atoms with Crippen LogP contribution in [0.2, 0.25) is 0 Å². The number of rotatable bonds is 1. The van der Waals surface area contributed by atoms with Crippen molar-refractivity contribution >= 4 is 28.6 Å². The quantitative estimate of drug-likeness (QED) is 0.590. The number of halogens is 2. The number of ether oxygens (including phenoxy) is 1. The topological polar surface area (TPSA) is 50.1 Å². The molecule has 0 aliphatic heterocycles. The Bertz CT molecular complexity index is 426. The van der Waals surface area contributed by atoms with Gasteiger partial charge in [0.2, 0.25) is 0 Å². The summed E-state index contributed by atoms with van der Waals surface area (Å²) in [4.78, 5) is 11.2. The van der Waals surface area contributed by atoms with Crippen LogP contribution in [0.3, 0.4) is 0 Å². The maximum absolute atomic E-state index is 13.2. The third-order valence-electron chi connectivity index (χ3n) is 1.57. The average Bonchev–Trinajstić information content (AvgIpc) is 2.15. The van der Waals surface area contributed by atoms with Crippen molar-refractivity contribution in [1.82, 2.24) is 0 Å². The molecule has 1 aromatic carbocycles. The van der Waals surface area contributed by atoms with Gasteiger partial charge in [0.1, 0.15) is 17.4 Å². The zero-order valence-electron chi connectivity index (χ0n) is 7.17. The molecule has 0 N–H and O–H groups in total. The Hall–Kier alpha value is -1.16. The number of methoxy groups -OCH3 is 1. The second-order valence-corrected chi connectivity index (χ2v) is 3.66. The highest BCUT2D eigenvalue weighted by Gasteiger charge is 2.16. The van der Waals surface area contributed by atoms with Crippen molar-refractivity contribution in [2.45, 2.75) is 0 Å². The van der Waals surface area contributed by atoms with Crippen LogP contribution in [0.25, 0.3) is 0 Å². The predicted octanol–water partition coefficient (Wildman–Crippen LogP) is 2.09. The Labute approximate surface area is 93.6 Å². The molecule has 72 valence electrons. The first-order valence-electron chi connectivity index (χ1n) is 3.57. The van der Waals surface area contributed by atoms with Gasteiger partial charge in [-0.3, -0.25) is 0 Å². The van der Waals surface area contributed by atoms with Crippen LogP contribution < -0.4 is 0 Å². The molecule has 3 nitrogen and oxygen atoms in total. The lowest BCUT2D eigenvalue weighted by Crippen LogP contribution is -2.06. The van der Waals surface area contributed by atoms with Crippen LogP contribution in [0, 0.1) is 20.7 Å². The first-order chi connectivity index (χ1) is 6.60. The summed E-state index contributed by atoms with van der Waals surface area (Å²) in [6.45, 7) is 0. The van der Waals surface area contributed by atoms with E-state index in [2.05, 4.69) is 4.74 Å². The fourth-order valence-electron chi connectivity index (χ4n) is 0.958. The molecule has 14 heavy (non-hydrogen) atoms. The van der Waals surface area contributed by atoms with E-state index in [-0.39, 0.29) is 11.1 Å². The van der Waals surface area contributed by atoms with E-state index in [0.717, 1.165) is 0 Å². The van der Waals surface area contributed by atoms with Crippen molar-refractivity contribution in [3.8, 4) is 6.07 Å². The lowest BCUT2D eigenvalue weighted by molar-refractivity contribution is 0.0599. The van der Waals surface area contributed by atoms with Crippen molar-refractivity contribution in [1.29, 1.82) is 5.26 Å². The maximum Gasteiger partial charge on any atom is 0.339 e. The van der Waals surface area contributed by atoms with E-state index in [0.29, 0.717) is 3.57 Å². The highest BCUT2D eigenvalue weighted by molar-refractivity contribution is 14.1. The number of nitrogens with zero attached hydrogens (tertiary/aromatic N) is 1. The molecule has 1 rings (SSSR count). The molecule has 0 aliphatic rings. The van der Waals surface area contributed by atoms with Crippen LogP contribution in [0.4, 0.5) is 4.39 Å². The third kappa shape index (κ3) is 2.01. The van der Waals surface area contributed by atoms with Gasteiger partial charge in [-0.1, -0.05) is 0 Å². The highest BCUT2D eigenvalue weighted by Crippen LogP contribution is 2.18. The fourth-order valence-corrected chi connectivity index (χ4v) is 1.54. The first kappa shape index (κ1) is 10.9. The average molecular weight is 305 g/mol. The Morgan fingerprint density at radius 3 is 2.79 bits per heavy atom. The molecular weight excluding hydrogens is 300 g/mol. The SMILES string of the molecule is COC(=O)c1cc(I)cc(F)c1C#N. The van der Waals surface area contributed by atoms with Gasteiger partial charge in [0, 0.05) is 3.57 Å². The lowest BCUT2D eigenvalue weighted by atomic mass is 10.1. The van der Waals surface area contributed by atoms with Gasteiger partial charge in [-0.2, -0.15) is 5.26 Å². The smallest absolute Gasteiger partial charge is 0.339 e. The second-order valence-electron chi connectivity index (χ2n) is 2.41. The van der Waals surface area contributed by atoms with Gasteiger partial charge >= 0.3 is 5.97 Å². The van der Waals surface area contributed by atoms with Crippen LogP contribution in [0.5, 0.6) is 0 Å². The van der Waals surface area contributed by atoms with Gasteiger partial charge in [0.25, 0.3) is 0 Å². The molecule has 0 radical (unpaired) electrons. The molecule has 0 saturated carbocycles. The van der Waals surface area contributed by atoms with E-state index >= 15 is 0 Å². The summed E-state index contributed by atoms with van der Waals surface area (Å²) in [5.41, 5.74) is -0.323. The van der Waals surface area contributed by atoms with Gasteiger partial charge in [0.05, 0.1) is 12.7 Å². The summed E-state index contributed by atoms with van der Waals surface area (Å²) < 4.78 is 18.1. The van der Waals surface area contributed by atoms with E-state index in [1.807, 2.05) is 22.6 Å². The summed E-state index contributed by atoms with van der Waals surface area (Å²) in [5, 5.41) is 8.63. The van der Waals surface area contributed by atoms with E-state index in [9.17, 15) is 9.18 Å². The van der Waals surface area contributed by atoms with Gasteiger partial charge < -0.3 is 4.74 Å². The first-order valence-corrected chi connectivity index (χ1v) is 4.65. The zero-order chi connectivity index (χ0) is 10.7. The van der Waals surface area contributed by atoms with E-state index in [4.69, 9.17) is 5.26 Å². The second kappa shape index (κ2) is 4.37. The zero-order valence-corrected chi connectivity index (χ0v) is 9.33. The molecule has 0 amide bonds. The van der Waals surface area contributed by atoms with Crippen molar-refractivity contribution in [3.05, 3.63) is 32.6 Å². The van der Waals surface area contributed by atoms with Crippen LogP contribution in [-0.4, -0.2) is 13.1 Å². The maximum atomic E-state index is 13.2. The number of carbonyl (C=O) groups excluding carboxylic acids is 1. The molecular formula is C9H5FINO2. The highest BCUT2D eigenvalue weighted by atomic mass is 127. The van der Waals surface area contributed by atoms with Crippen LogP contribution in [0.15, 0.2) is 12.1 Å². The van der Waals surface area contributed by atoms with Gasteiger partial charge in [0.15, 0.2) is 0 Å². The summed E-state index contributed by atoms with van der Waals surface area (Å²) in [6, 6.07) is 4.22. The number of hydrogen-bond acceptors (Lipinski definition) is 3. The Kier molecular flexibility index (Phi) is 3.41. The van der Waals surface area contributed by atoms with Crippen molar-refractivity contribution in [2.75, 3.05) is 7.11 Å². The molecule has 0 unspecified atom stereocenters. The van der Waals surface area contributed by atoms with Gasteiger partial charge in [-0.25, -0.2) is 9.18 Å². The molecule has 0 atom stereocenters. The summed E-state index contributed by atoms with van der Waals surface area (Å²) >= 11 is 1.86. The Morgan fingerprint density at radius 1 is 1.64 bits per heavy atom. The molecule has 1 aromatic rings. The van der Waals surface area contributed by atoms with E-state index in [1.165, 1.54) is 19.2 Å². The number of carbonyl (C=O) groups is 1. The Morgan fingerprint density at radius 2 is 2.29 bits per heavy atom. The lowest BCUT2D eigenvalue weighted by Gasteiger charge is -2.03. The monoisotopic (exact) mass is 305 g/mol. The Balaban J connectivity index is 3.41.